The lowest BCUT2D eigenvalue weighted by molar-refractivity contribution is 0.0966. The molecule has 0 spiro atoms. The highest BCUT2D eigenvalue weighted by atomic mass is 16.1. The second kappa shape index (κ2) is 7.12. The number of carbonyl (C=O) groups is 1. The average molecular weight is 306 g/mol. The molecule has 1 saturated carbocycles. The lowest BCUT2D eigenvalue weighted by Crippen LogP contribution is -2.06. The predicted molar refractivity (Wildman–Crippen MR) is 96.1 cm³/mol. The molecule has 0 bridgehead atoms. The molecule has 1 heteroatoms. The van der Waals surface area contributed by atoms with Crippen LogP contribution in [-0.4, -0.2) is 5.78 Å². The molecule has 0 aromatic heterocycles. The van der Waals surface area contributed by atoms with E-state index in [-0.39, 0.29) is 0 Å². The molecule has 3 rings (SSSR count). The lowest BCUT2D eigenvalue weighted by atomic mass is 9.94. The third-order valence-electron chi connectivity index (χ3n) is 4.76. The maximum Gasteiger partial charge on any atom is 0.166 e. The van der Waals surface area contributed by atoms with Gasteiger partial charge in [0, 0.05) is 11.5 Å². The highest BCUT2D eigenvalue weighted by Gasteiger charge is 2.31. The summed E-state index contributed by atoms with van der Waals surface area (Å²) in [6.45, 7) is 4.24. The number of aryl methyl sites for hydroxylation is 4. The summed E-state index contributed by atoms with van der Waals surface area (Å²) in [7, 11) is 0. The molecule has 0 amide bonds. The minimum atomic E-state index is 0.309. The van der Waals surface area contributed by atoms with Crippen LogP contribution in [0.3, 0.4) is 0 Å². The maximum atomic E-state index is 12.4. The second-order valence-electron chi connectivity index (χ2n) is 6.99. The summed E-state index contributed by atoms with van der Waals surface area (Å²) < 4.78 is 0. The Labute approximate surface area is 139 Å². The third kappa shape index (κ3) is 4.31. The minimum Gasteiger partial charge on any atom is -0.294 e. The normalized spacial score (nSPS) is 14.0. The Hall–Kier alpha value is -1.89. The summed E-state index contributed by atoms with van der Waals surface area (Å²) in [5.41, 5.74) is 6.22. The van der Waals surface area contributed by atoms with Gasteiger partial charge in [0.15, 0.2) is 5.78 Å². The van der Waals surface area contributed by atoms with Crippen LogP contribution in [0.15, 0.2) is 42.5 Å². The van der Waals surface area contributed by atoms with Crippen molar-refractivity contribution in [2.45, 2.75) is 52.4 Å². The Balaban J connectivity index is 1.57. The fraction of sp³-hybridized carbons (Fsp3) is 0.409. The molecule has 1 nitrogen and oxygen atoms in total. The number of rotatable bonds is 7. The minimum absolute atomic E-state index is 0.309. The van der Waals surface area contributed by atoms with Gasteiger partial charge in [-0.15, -0.1) is 0 Å². The molecule has 0 heterocycles. The molecule has 1 fully saturated rings. The van der Waals surface area contributed by atoms with Gasteiger partial charge in [-0.25, -0.2) is 0 Å². The number of unbranched alkanes of at least 4 members (excludes halogenated alkanes) is 1. The molecule has 1 aliphatic carbocycles. The number of hydrogen-bond donors (Lipinski definition) is 0. The number of Topliss-reactive ketones (excluding diaryl/α,β-unsaturated/α-hetero) is 1. The van der Waals surface area contributed by atoms with Crippen molar-refractivity contribution in [1.82, 2.24) is 0 Å². The van der Waals surface area contributed by atoms with Gasteiger partial charge in [-0.3, -0.25) is 4.79 Å². The molecule has 0 unspecified atom stereocenters. The van der Waals surface area contributed by atoms with Crippen LogP contribution in [0.1, 0.15) is 58.3 Å². The van der Waals surface area contributed by atoms with E-state index >= 15 is 0 Å². The van der Waals surface area contributed by atoms with Gasteiger partial charge in [-0.1, -0.05) is 53.6 Å². The van der Waals surface area contributed by atoms with Crippen LogP contribution in [0.5, 0.6) is 0 Å². The number of carbonyl (C=O) groups excluding carboxylic acids is 1. The Kier molecular flexibility index (Phi) is 4.95. The van der Waals surface area contributed by atoms with E-state index in [1.807, 2.05) is 6.07 Å². The Morgan fingerprint density at radius 2 is 1.57 bits per heavy atom. The summed E-state index contributed by atoms with van der Waals surface area (Å²) in [4.78, 5) is 12.4. The molecular formula is C22H26O. The molecule has 2 aromatic rings. The van der Waals surface area contributed by atoms with Crippen molar-refractivity contribution in [3.8, 4) is 0 Å². The average Bonchev–Trinajstić information content (AvgIpc) is 3.38. The van der Waals surface area contributed by atoms with Crippen LogP contribution >= 0.6 is 0 Å². The van der Waals surface area contributed by atoms with E-state index in [0.29, 0.717) is 11.7 Å². The fourth-order valence-corrected chi connectivity index (χ4v) is 3.13. The van der Waals surface area contributed by atoms with Gasteiger partial charge >= 0.3 is 0 Å². The third-order valence-corrected chi connectivity index (χ3v) is 4.76. The smallest absolute Gasteiger partial charge is 0.166 e. The van der Waals surface area contributed by atoms with Crippen LogP contribution in [0, 0.1) is 19.8 Å². The van der Waals surface area contributed by atoms with Crippen molar-refractivity contribution in [1.29, 1.82) is 0 Å². The van der Waals surface area contributed by atoms with Crippen LogP contribution in [-0.2, 0) is 12.8 Å². The molecule has 0 radical (unpaired) electrons. The van der Waals surface area contributed by atoms with Crippen LogP contribution in [0.25, 0.3) is 0 Å². The zero-order chi connectivity index (χ0) is 16.2. The summed E-state index contributed by atoms with van der Waals surface area (Å²) in [6.07, 6.45) is 6.62. The van der Waals surface area contributed by atoms with E-state index < -0.39 is 0 Å². The van der Waals surface area contributed by atoms with Gasteiger partial charge < -0.3 is 0 Å². The monoisotopic (exact) mass is 306 g/mol. The van der Waals surface area contributed by atoms with Gasteiger partial charge in [0.1, 0.15) is 0 Å². The SMILES string of the molecule is Cc1ccc(CCCCc2cc(C)ccc2C(=O)C2CC2)cc1. The molecule has 1 aliphatic rings. The molecule has 0 N–H and O–H groups in total. The van der Waals surface area contributed by atoms with Crippen molar-refractivity contribution < 1.29 is 4.79 Å². The molecular weight excluding hydrogens is 280 g/mol. The lowest BCUT2D eigenvalue weighted by Gasteiger charge is -2.10. The molecule has 0 aliphatic heterocycles. The van der Waals surface area contributed by atoms with Gasteiger partial charge in [0.25, 0.3) is 0 Å². The van der Waals surface area contributed by atoms with Gasteiger partial charge in [0.05, 0.1) is 0 Å². The van der Waals surface area contributed by atoms with E-state index in [1.54, 1.807) is 0 Å². The number of hydrogen-bond acceptors (Lipinski definition) is 1. The zero-order valence-electron chi connectivity index (χ0n) is 14.3. The fourth-order valence-electron chi connectivity index (χ4n) is 3.13. The van der Waals surface area contributed by atoms with E-state index in [1.165, 1.54) is 28.7 Å². The largest absolute Gasteiger partial charge is 0.294 e. The van der Waals surface area contributed by atoms with E-state index in [9.17, 15) is 4.79 Å². The molecule has 0 atom stereocenters. The quantitative estimate of drug-likeness (QED) is 0.490. The van der Waals surface area contributed by atoms with E-state index in [2.05, 4.69) is 50.2 Å². The topological polar surface area (TPSA) is 17.1 Å². The van der Waals surface area contributed by atoms with Crippen molar-refractivity contribution in [3.63, 3.8) is 0 Å². The van der Waals surface area contributed by atoms with E-state index in [0.717, 1.165) is 37.7 Å². The Morgan fingerprint density at radius 1 is 0.913 bits per heavy atom. The molecule has 0 saturated heterocycles. The van der Waals surface area contributed by atoms with E-state index in [4.69, 9.17) is 0 Å². The Morgan fingerprint density at radius 3 is 2.26 bits per heavy atom. The van der Waals surface area contributed by atoms with Crippen molar-refractivity contribution in [3.05, 3.63) is 70.3 Å². The maximum absolute atomic E-state index is 12.4. The molecule has 23 heavy (non-hydrogen) atoms. The summed E-state index contributed by atoms with van der Waals surface area (Å²) >= 11 is 0. The second-order valence-corrected chi connectivity index (χ2v) is 6.99. The first-order valence-electron chi connectivity index (χ1n) is 8.83. The van der Waals surface area contributed by atoms with Gasteiger partial charge in [-0.05, 0) is 63.5 Å². The van der Waals surface area contributed by atoms with Crippen LogP contribution in [0.2, 0.25) is 0 Å². The first-order chi connectivity index (χ1) is 11.1. The number of benzene rings is 2. The van der Waals surface area contributed by atoms with Crippen molar-refractivity contribution in [2.24, 2.45) is 5.92 Å². The van der Waals surface area contributed by atoms with Gasteiger partial charge in [-0.2, -0.15) is 0 Å². The van der Waals surface area contributed by atoms with Crippen LogP contribution < -0.4 is 0 Å². The van der Waals surface area contributed by atoms with Gasteiger partial charge in [0.2, 0.25) is 0 Å². The van der Waals surface area contributed by atoms with Crippen molar-refractivity contribution in [2.75, 3.05) is 0 Å². The predicted octanol–water partition coefficient (Wildman–Crippen LogP) is 5.46. The summed E-state index contributed by atoms with van der Waals surface area (Å²) in [5, 5.41) is 0. The van der Waals surface area contributed by atoms with Crippen LogP contribution in [0.4, 0.5) is 0 Å². The first kappa shape index (κ1) is 16.0. The molecule has 120 valence electrons. The van der Waals surface area contributed by atoms with Crippen molar-refractivity contribution >= 4 is 5.78 Å². The highest BCUT2D eigenvalue weighted by molar-refractivity contribution is 6.00. The summed E-state index contributed by atoms with van der Waals surface area (Å²) in [5.74, 6) is 0.683. The molecule has 2 aromatic carbocycles. The standard InChI is InChI=1S/C22H26O/c1-16-7-10-18(11-8-16)5-3-4-6-20-15-17(2)9-14-21(20)22(23)19-12-13-19/h7-11,14-15,19H,3-6,12-13H2,1-2H3. The first-order valence-corrected chi connectivity index (χ1v) is 8.83. The zero-order valence-corrected chi connectivity index (χ0v) is 14.3. The Bertz CT molecular complexity index is 678. The number of ketones is 1. The summed E-state index contributed by atoms with van der Waals surface area (Å²) in [6, 6.07) is 15.1. The highest BCUT2D eigenvalue weighted by Crippen LogP contribution is 2.34.